The monoisotopic (exact) mass is 311 g/mol. The molecule has 6 nitrogen and oxygen atoms in total. The predicted molar refractivity (Wildman–Crippen MR) is 86.6 cm³/mol. The highest BCUT2D eigenvalue weighted by Gasteiger charge is 2.09. The Balaban J connectivity index is 1.68. The first-order valence-corrected chi connectivity index (χ1v) is 7.14. The van der Waals surface area contributed by atoms with Gasteiger partial charge in [-0.15, -0.1) is 10.2 Å². The number of hydrogen-bond acceptors (Lipinski definition) is 6. The first kappa shape index (κ1) is 14.9. The molecule has 1 heterocycles. The lowest BCUT2D eigenvalue weighted by atomic mass is 10.2. The Morgan fingerprint density at radius 3 is 2.48 bits per heavy atom. The van der Waals surface area contributed by atoms with E-state index in [0.29, 0.717) is 29.8 Å². The third-order valence-electron chi connectivity index (χ3n) is 3.31. The van der Waals surface area contributed by atoms with Crippen LogP contribution in [-0.4, -0.2) is 24.4 Å². The van der Waals surface area contributed by atoms with E-state index >= 15 is 0 Å². The highest BCUT2D eigenvalue weighted by molar-refractivity contribution is 5.55. The van der Waals surface area contributed by atoms with Gasteiger partial charge in [0, 0.05) is 17.3 Å². The van der Waals surface area contributed by atoms with Crippen molar-refractivity contribution >= 4 is 5.69 Å². The molecular formula is C17H17N3O3. The number of anilines is 1. The number of aromatic nitrogens is 2. The maximum Gasteiger partial charge on any atom is 0.247 e. The lowest BCUT2D eigenvalue weighted by molar-refractivity contribution is 0.355. The van der Waals surface area contributed by atoms with Crippen molar-refractivity contribution < 1.29 is 13.9 Å². The Bertz CT molecular complexity index is 772. The van der Waals surface area contributed by atoms with E-state index in [1.165, 1.54) is 0 Å². The third kappa shape index (κ3) is 3.42. The summed E-state index contributed by atoms with van der Waals surface area (Å²) in [5, 5.41) is 11.3. The summed E-state index contributed by atoms with van der Waals surface area (Å²) in [6.45, 7) is 0.426. The molecule has 23 heavy (non-hydrogen) atoms. The number of nitrogens with zero attached hydrogens (tertiary/aromatic N) is 2. The summed E-state index contributed by atoms with van der Waals surface area (Å²) < 4.78 is 16.1. The van der Waals surface area contributed by atoms with Crippen LogP contribution < -0.4 is 14.8 Å². The van der Waals surface area contributed by atoms with Crippen LogP contribution in [0.2, 0.25) is 0 Å². The summed E-state index contributed by atoms with van der Waals surface area (Å²) in [7, 11) is 3.21. The standard InChI is InChI=1S/C17H17N3O3/c1-21-14-9-8-13(10-15(14)22-2)18-11-16-19-20-17(23-16)12-6-4-3-5-7-12/h3-10,18H,11H2,1-2H3. The average molecular weight is 311 g/mol. The second-order valence-corrected chi connectivity index (χ2v) is 4.79. The van der Waals surface area contributed by atoms with Crippen molar-refractivity contribution in [3.63, 3.8) is 0 Å². The molecule has 2 aromatic carbocycles. The molecule has 0 saturated heterocycles. The Labute approximate surface area is 134 Å². The Morgan fingerprint density at radius 2 is 1.74 bits per heavy atom. The molecule has 3 aromatic rings. The molecule has 0 radical (unpaired) electrons. The topological polar surface area (TPSA) is 69.4 Å². The number of rotatable bonds is 6. The van der Waals surface area contributed by atoms with E-state index < -0.39 is 0 Å². The van der Waals surface area contributed by atoms with Crippen molar-refractivity contribution in [2.24, 2.45) is 0 Å². The SMILES string of the molecule is COc1ccc(NCc2nnc(-c3ccccc3)o2)cc1OC. The second kappa shape index (κ2) is 6.83. The van der Waals surface area contributed by atoms with Crippen molar-refractivity contribution in [3.05, 3.63) is 54.4 Å². The van der Waals surface area contributed by atoms with Crippen LogP contribution in [0.3, 0.4) is 0 Å². The fourth-order valence-electron chi connectivity index (χ4n) is 2.15. The van der Waals surface area contributed by atoms with Crippen LogP contribution in [0.1, 0.15) is 5.89 Å². The molecule has 0 atom stereocenters. The van der Waals surface area contributed by atoms with Gasteiger partial charge in [0.1, 0.15) is 0 Å². The summed E-state index contributed by atoms with van der Waals surface area (Å²) in [5.41, 5.74) is 1.78. The van der Waals surface area contributed by atoms with Gasteiger partial charge in [-0.25, -0.2) is 0 Å². The van der Waals surface area contributed by atoms with Crippen molar-refractivity contribution in [2.75, 3.05) is 19.5 Å². The maximum atomic E-state index is 5.65. The van der Waals surface area contributed by atoms with E-state index in [0.717, 1.165) is 11.3 Å². The molecule has 0 aliphatic carbocycles. The van der Waals surface area contributed by atoms with Crippen molar-refractivity contribution in [2.45, 2.75) is 6.54 Å². The Morgan fingerprint density at radius 1 is 0.957 bits per heavy atom. The molecule has 0 aliphatic rings. The summed E-state index contributed by atoms with van der Waals surface area (Å²) in [6, 6.07) is 15.3. The van der Waals surface area contributed by atoms with Gasteiger partial charge in [-0.05, 0) is 24.3 Å². The molecule has 0 spiro atoms. The van der Waals surface area contributed by atoms with Crippen LogP contribution in [0.4, 0.5) is 5.69 Å². The fourth-order valence-corrected chi connectivity index (χ4v) is 2.15. The van der Waals surface area contributed by atoms with Gasteiger partial charge in [-0.1, -0.05) is 18.2 Å². The normalized spacial score (nSPS) is 10.3. The Kier molecular flexibility index (Phi) is 4.42. The van der Waals surface area contributed by atoms with Crippen molar-refractivity contribution in [3.8, 4) is 23.0 Å². The molecule has 0 saturated carbocycles. The molecule has 0 aliphatic heterocycles. The van der Waals surface area contributed by atoms with E-state index in [2.05, 4.69) is 15.5 Å². The van der Waals surface area contributed by atoms with Crippen LogP contribution >= 0.6 is 0 Å². The summed E-state index contributed by atoms with van der Waals surface area (Å²) in [6.07, 6.45) is 0. The third-order valence-corrected chi connectivity index (χ3v) is 3.31. The number of ether oxygens (including phenoxy) is 2. The van der Waals surface area contributed by atoms with Crippen molar-refractivity contribution in [1.29, 1.82) is 0 Å². The van der Waals surface area contributed by atoms with Crippen molar-refractivity contribution in [1.82, 2.24) is 10.2 Å². The molecule has 0 bridgehead atoms. The van der Waals surface area contributed by atoms with E-state index in [9.17, 15) is 0 Å². The minimum Gasteiger partial charge on any atom is -0.493 e. The average Bonchev–Trinajstić information content (AvgIpc) is 3.09. The lowest BCUT2D eigenvalue weighted by Crippen LogP contribution is -2.00. The van der Waals surface area contributed by atoms with Gasteiger partial charge in [-0.3, -0.25) is 0 Å². The molecule has 118 valence electrons. The fraction of sp³-hybridized carbons (Fsp3) is 0.176. The summed E-state index contributed by atoms with van der Waals surface area (Å²) >= 11 is 0. The van der Waals surface area contributed by atoms with Crippen LogP contribution in [0.5, 0.6) is 11.5 Å². The van der Waals surface area contributed by atoms with Crippen LogP contribution in [0.15, 0.2) is 52.9 Å². The zero-order valence-corrected chi connectivity index (χ0v) is 12.9. The molecule has 0 amide bonds. The second-order valence-electron chi connectivity index (χ2n) is 4.79. The zero-order chi connectivity index (χ0) is 16.1. The highest BCUT2D eigenvalue weighted by atomic mass is 16.5. The van der Waals surface area contributed by atoms with E-state index in [4.69, 9.17) is 13.9 Å². The predicted octanol–water partition coefficient (Wildman–Crippen LogP) is 3.37. The number of benzene rings is 2. The zero-order valence-electron chi connectivity index (χ0n) is 12.9. The van der Waals surface area contributed by atoms with Gasteiger partial charge >= 0.3 is 0 Å². The molecule has 1 aromatic heterocycles. The largest absolute Gasteiger partial charge is 0.493 e. The molecule has 0 unspecified atom stereocenters. The number of hydrogen-bond donors (Lipinski definition) is 1. The van der Waals surface area contributed by atoms with Gasteiger partial charge in [-0.2, -0.15) is 0 Å². The molecule has 3 rings (SSSR count). The van der Waals surface area contributed by atoms with Crippen LogP contribution in [0, 0.1) is 0 Å². The first-order chi connectivity index (χ1) is 11.3. The Hall–Kier alpha value is -3.02. The van der Waals surface area contributed by atoms with Gasteiger partial charge in [0.05, 0.1) is 20.8 Å². The van der Waals surface area contributed by atoms with Crippen LogP contribution in [0.25, 0.3) is 11.5 Å². The molecular weight excluding hydrogens is 294 g/mol. The molecule has 0 fully saturated rings. The number of methoxy groups -OCH3 is 2. The molecule has 1 N–H and O–H groups in total. The smallest absolute Gasteiger partial charge is 0.247 e. The van der Waals surface area contributed by atoms with Gasteiger partial charge in [0.25, 0.3) is 0 Å². The lowest BCUT2D eigenvalue weighted by Gasteiger charge is -2.10. The van der Waals surface area contributed by atoms with E-state index in [1.54, 1.807) is 14.2 Å². The van der Waals surface area contributed by atoms with Gasteiger partial charge < -0.3 is 19.2 Å². The quantitative estimate of drug-likeness (QED) is 0.752. The summed E-state index contributed by atoms with van der Waals surface area (Å²) in [4.78, 5) is 0. The highest BCUT2D eigenvalue weighted by Crippen LogP contribution is 2.30. The van der Waals surface area contributed by atoms with Gasteiger partial charge in [0.2, 0.25) is 11.8 Å². The van der Waals surface area contributed by atoms with Gasteiger partial charge in [0.15, 0.2) is 11.5 Å². The van der Waals surface area contributed by atoms with Crippen LogP contribution in [-0.2, 0) is 6.54 Å². The summed E-state index contributed by atoms with van der Waals surface area (Å²) in [5.74, 6) is 2.36. The molecule has 6 heteroatoms. The maximum absolute atomic E-state index is 5.65. The van der Waals surface area contributed by atoms with E-state index in [-0.39, 0.29) is 0 Å². The first-order valence-electron chi connectivity index (χ1n) is 7.14. The minimum atomic E-state index is 0.426. The van der Waals surface area contributed by atoms with E-state index in [1.807, 2.05) is 48.5 Å². The minimum absolute atomic E-state index is 0.426. The number of nitrogens with one attached hydrogen (secondary N) is 1.